The van der Waals surface area contributed by atoms with Crippen LogP contribution in [0.2, 0.25) is 0 Å². The summed E-state index contributed by atoms with van der Waals surface area (Å²) in [5.74, 6) is 0.0331. The predicted molar refractivity (Wildman–Crippen MR) is 129 cm³/mol. The highest BCUT2D eigenvalue weighted by atomic mass is 16.1. The maximum Gasteiger partial charge on any atom is 0.251 e. The van der Waals surface area contributed by atoms with Gasteiger partial charge >= 0.3 is 0 Å². The van der Waals surface area contributed by atoms with Gasteiger partial charge in [-0.15, -0.1) is 0 Å². The fourth-order valence-electron chi connectivity index (χ4n) is 3.62. The summed E-state index contributed by atoms with van der Waals surface area (Å²) in [5.41, 5.74) is 5.73. The number of ketones is 1. The molecule has 0 saturated carbocycles. The summed E-state index contributed by atoms with van der Waals surface area (Å²) in [7, 11) is 3.94. The second-order valence-electron chi connectivity index (χ2n) is 8.35. The number of carbonyl (C=O) groups excluding carboxylic acids is 2. The Morgan fingerprint density at radius 3 is 2.52 bits per heavy atom. The largest absolute Gasteiger partial charge is 0.351 e. The molecule has 0 spiro atoms. The van der Waals surface area contributed by atoms with Gasteiger partial charge in [0.25, 0.3) is 5.91 Å². The molecule has 0 fully saturated rings. The molecular weight excluding hydrogens is 414 g/mol. The van der Waals surface area contributed by atoms with Crippen molar-refractivity contribution in [3.05, 3.63) is 78.0 Å². The molecule has 1 amide bonds. The smallest absolute Gasteiger partial charge is 0.251 e. The van der Waals surface area contributed by atoms with Crippen molar-refractivity contribution in [3.8, 4) is 22.5 Å². The van der Waals surface area contributed by atoms with Crippen LogP contribution in [0.25, 0.3) is 28.2 Å². The number of likely N-dealkylation sites (N-methyl/N-ethyl adjacent to an activating group) is 1. The normalized spacial score (nSPS) is 11.2. The van der Waals surface area contributed by atoms with Gasteiger partial charge in [0.05, 0.1) is 17.6 Å². The van der Waals surface area contributed by atoms with Gasteiger partial charge in [-0.05, 0) is 50.8 Å². The minimum Gasteiger partial charge on any atom is -0.351 e. The van der Waals surface area contributed by atoms with Crippen LogP contribution < -0.4 is 5.32 Å². The number of imidazole rings is 1. The van der Waals surface area contributed by atoms with Crippen molar-refractivity contribution in [1.82, 2.24) is 24.8 Å². The van der Waals surface area contributed by atoms with E-state index in [9.17, 15) is 9.59 Å². The van der Waals surface area contributed by atoms with Gasteiger partial charge in [-0.2, -0.15) is 5.10 Å². The van der Waals surface area contributed by atoms with Crippen LogP contribution in [0.3, 0.4) is 0 Å². The van der Waals surface area contributed by atoms with Crippen LogP contribution in [0.15, 0.2) is 66.9 Å². The molecule has 7 nitrogen and oxygen atoms in total. The van der Waals surface area contributed by atoms with E-state index in [2.05, 4.69) is 10.3 Å². The van der Waals surface area contributed by atoms with Gasteiger partial charge < -0.3 is 10.2 Å². The zero-order chi connectivity index (χ0) is 23.4. The number of hydrogen-bond acceptors (Lipinski definition) is 5. The van der Waals surface area contributed by atoms with E-state index in [4.69, 9.17) is 5.10 Å². The molecule has 2 aromatic carbocycles. The zero-order valence-electron chi connectivity index (χ0n) is 19.1. The average Bonchev–Trinajstić information content (AvgIpc) is 3.22. The third kappa shape index (κ3) is 5.32. The summed E-state index contributed by atoms with van der Waals surface area (Å²) in [6.45, 7) is 2.95. The van der Waals surface area contributed by atoms with Crippen LogP contribution >= 0.6 is 0 Å². The Bertz CT molecular complexity index is 1290. The SMILES string of the molecule is CC(=O)Cc1ccc(-c2ccc3ncc(-c4cccc(C(=O)NCCN(C)C)c4)n3n2)cc1. The van der Waals surface area contributed by atoms with E-state index in [1.807, 2.05) is 73.6 Å². The van der Waals surface area contributed by atoms with E-state index in [-0.39, 0.29) is 11.7 Å². The number of nitrogens with zero attached hydrogens (tertiary/aromatic N) is 4. The van der Waals surface area contributed by atoms with Crippen molar-refractivity contribution in [3.63, 3.8) is 0 Å². The van der Waals surface area contributed by atoms with Crippen molar-refractivity contribution in [2.75, 3.05) is 27.2 Å². The monoisotopic (exact) mass is 441 g/mol. The Kier molecular flexibility index (Phi) is 6.60. The summed E-state index contributed by atoms with van der Waals surface area (Å²) < 4.78 is 1.79. The number of fused-ring (bicyclic) bond motifs is 1. The number of amides is 1. The van der Waals surface area contributed by atoms with Gasteiger partial charge in [-0.25, -0.2) is 9.50 Å². The molecule has 0 atom stereocenters. The number of carbonyl (C=O) groups is 2. The second kappa shape index (κ2) is 9.75. The molecule has 0 aliphatic carbocycles. The Morgan fingerprint density at radius 1 is 1.00 bits per heavy atom. The zero-order valence-corrected chi connectivity index (χ0v) is 19.1. The van der Waals surface area contributed by atoms with Crippen LogP contribution in [0.5, 0.6) is 0 Å². The van der Waals surface area contributed by atoms with Gasteiger partial charge in [-0.3, -0.25) is 9.59 Å². The molecule has 0 aliphatic rings. The molecule has 0 unspecified atom stereocenters. The molecule has 0 aliphatic heterocycles. The highest BCUT2D eigenvalue weighted by molar-refractivity contribution is 5.95. The summed E-state index contributed by atoms with van der Waals surface area (Å²) in [6, 6.07) is 19.2. The lowest BCUT2D eigenvalue weighted by molar-refractivity contribution is -0.116. The molecule has 168 valence electrons. The first-order valence-corrected chi connectivity index (χ1v) is 10.9. The Hall–Kier alpha value is -3.84. The summed E-state index contributed by atoms with van der Waals surface area (Å²) in [5, 5.41) is 7.74. The molecule has 2 aromatic heterocycles. The number of aromatic nitrogens is 3. The third-order valence-corrected chi connectivity index (χ3v) is 5.33. The third-order valence-electron chi connectivity index (χ3n) is 5.33. The predicted octanol–water partition coefficient (Wildman–Crippen LogP) is 3.49. The first-order chi connectivity index (χ1) is 15.9. The molecule has 33 heavy (non-hydrogen) atoms. The summed E-state index contributed by atoms with van der Waals surface area (Å²) >= 11 is 0. The molecule has 4 aromatic rings. The molecular formula is C26H27N5O2. The lowest BCUT2D eigenvalue weighted by Gasteiger charge is -2.11. The average molecular weight is 442 g/mol. The molecule has 0 radical (unpaired) electrons. The maximum atomic E-state index is 12.6. The maximum absolute atomic E-state index is 12.6. The molecule has 2 heterocycles. The number of hydrogen-bond donors (Lipinski definition) is 1. The highest BCUT2D eigenvalue weighted by Crippen LogP contribution is 2.24. The molecule has 0 bridgehead atoms. The van der Waals surface area contributed by atoms with Gasteiger partial charge in [0.1, 0.15) is 5.78 Å². The standard InChI is InChI=1S/C26H27N5O2/c1-18(32)15-19-7-9-20(10-8-19)23-11-12-25-28-17-24(31(25)29-23)21-5-4-6-22(16-21)26(33)27-13-14-30(2)3/h4-12,16-17H,13-15H2,1-3H3,(H,27,33). The van der Waals surface area contributed by atoms with Crippen molar-refractivity contribution >= 4 is 17.3 Å². The van der Waals surface area contributed by atoms with Crippen LogP contribution in [-0.2, 0) is 11.2 Å². The van der Waals surface area contributed by atoms with Gasteiger partial charge in [0.15, 0.2) is 5.65 Å². The van der Waals surface area contributed by atoms with Gasteiger partial charge in [0.2, 0.25) is 0 Å². The van der Waals surface area contributed by atoms with Crippen LogP contribution in [0.1, 0.15) is 22.8 Å². The summed E-state index contributed by atoms with van der Waals surface area (Å²) in [4.78, 5) is 30.4. The van der Waals surface area contributed by atoms with Crippen LogP contribution in [0, 0.1) is 0 Å². The van der Waals surface area contributed by atoms with Crippen molar-refractivity contribution in [1.29, 1.82) is 0 Å². The highest BCUT2D eigenvalue weighted by Gasteiger charge is 2.12. The quantitative estimate of drug-likeness (QED) is 0.453. The van der Waals surface area contributed by atoms with Crippen LogP contribution in [-0.4, -0.2) is 58.4 Å². The fraction of sp³-hybridized carbons (Fsp3) is 0.231. The van der Waals surface area contributed by atoms with E-state index in [0.717, 1.165) is 40.3 Å². The van der Waals surface area contributed by atoms with Crippen molar-refractivity contribution in [2.24, 2.45) is 0 Å². The molecule has 4 rings (SSSR count). The van der Waals surface area contributed by atoms with Gasteiger partial charge in [0, 0.05) is 36.2 Å². The van der Waals surface area contributed by atoms with Crippen LogP contribution in [0.4, 0.5) is 0 Å². The van der Waals surface area contributed by atoms with E-state index < -0.39 is 0 Å². The number of nitrogens with one attached hydrogen (secondary N) is 1. The molecule has 0 saturated heterocycles. The van der Waals surface area contributed by atoms with E-state index in [1.54, 1.807) is 23.7 Å². The van der Waals surface area contributed by atoms with E-state index in [0.29, 0.717) is 18.5 Å². The minimum atomic E-state index is -0.105. The Balaban J connectivity index is 1.61. The lowest BCUT2D eigenvalue weighted by Crippen LogP contribution is -2.31. The number of benzene rings is 2. The van der Waals surface area contributed by atoms with Gasteiger partial charge in [-0.1, -0.05) is 36.4 Å². The molecule has 1 N–H and O–H groups in total. The fourth-order valence-corrected chi connectivity index (χ4v) is 3.62. The summed E-state index contributed by atoms with van der Waals surface area (Å²) in [6.07, 6.45) is 2.20. The first kappa shape index (κ1) is 22.4. The molecule has 7 heteroatoms. The van der Waals surface area contributed by atoms with E-state index in [1.165, 1.54) is 0 Å². The Morgan fingerprint density at radius 2 is 1.79 bits per heavy atom. The second-order valence-corrected chi connectivity index (χ2v) is 8.35. The topological polar surface area (TPSA) is 79.6 Å². The minimum absolute atomic E-state index is 0.105. The van der Waals surface area contributed by atoms with Crippen molar-refractivity contribution < 1.29 is 9.59 Å². The number of Topliss-reactive ketones (excluding diaryl/α,β-unsaturated/α-hetero) is 1. The Labute approximate surface area is 193 Å². The number of rotatable bonds is 8. The first-order valence-electron chi connectivity index (χ1n) is 10.9. The van der Waals surface area contributed by atoms with E-state index >= 15 is 0 Å². The lowest BCUT2D eigenvalue weighted by atomic mass is 10.1. The van der Waals surface area contributed by atoms with Crippen molar-refractivity contribution in [2.45, 2.75) is 13.3 Å².